The Morgan fingerprint density at radius 2 is 2.25 bits per heavy atom. The van der Waals surface area contributed by atoms with Crippen LogP contribution in [-0.2, 0) is 0 Å². The minimum atomic E-state index is 0.0425. The normalized spacial score (nSPS) is 23.2. The number of rotatable bonds is 1. The Kier molecular flexibility index (Phi) is 3.17. The molecule has 3 heterocycles. The van der Waals surface area contributed by atoms with Gasteiger partial charge in [-0.05, 0) is 26.8 Å². The molecular formula is C14H19N5O. The highest BCUT2D eigenvalue weighted by Crippen LogP contribution is 2.18. The number of pyridine rings is 1. The van der Waals surface area contributed by atoms with Gasteiger partial charge in [-0.1, -0.05) is 0 Å². The number of aromatic amines is 1. The molecule has 106 valence electrons. The molecule has 6 nitrogen and oxygen atoms in total. The zero-order valence-corrected chi connectivity index (χ0v) is 12.0. The van der Waals surface area contributed by atoms with Gasteiger partial charge in [0.05, 0.1) is 5.56 Å². The summed E-state index contributed by atoms with van der Waals surface area (Å²) in [7, 11) is 0. The Morgan fingerprint density at radius 3 is 3.05 bits per heavy atom. The van der Waals surface area contributed by atoms with Gasteiger partial charge in [-0.25, -0.2) is 4.98 Å². The summed E-state index contributed by atoms with van der Waals surface area (Å²) in [6.07, 6.45) is 1.62. The number of amides is 1. The Hall–Kier alpha value is -1.95. The van der Waals surface area contributed by atoms with Gasteiger partial charge in [0, 0.05) is 42.5 Å². The number of carbonyl (C=O) groups excluding carboxylic acids is 1. The van der Waals surface area contributed by atoms with Crippen LogP contribution in [0.3, 0.4) is 0 Å². The Balaban J connectivity index is 1.93. The molecule has 0 spiro atoms. The molecule has 0 bridgehead atoms. The number of hydrogen-bond acceptors (Lipinski definition) is 4. The molecule has 6 heteroatoms. The maximum Gasteiger partial charge on any atom is 0.255 e. The number of carbonyl (C=O) groups is 1. The Bertz CT molecular complexity index is 650. The second-order valence-electron chi connectivity index (χ2n) is 5.43. The van der Waals surface area contributed by atoms with E-state index in [1.165, 1.54) is 0 Å². The van der Waals surface area contributed by atoms with Gasteiger partial charge in [-0.3, -0.25) is 9.89 Å². The van der Waals surface area contributed by atoms with Crippen LogP contribution in [-0.4, -0.2) is 51.2 Å². The highest BCUT2D eigenvalue weighted by molar-refractivity contribution is 5.97. The third-order valence-corrected chi connectivity index (χ3v) is 4.14. The van der Waals surface area contributed by atoms with Gasteiger partial charge < -0.3 is 10.2 Å². The van der Waals surface area contributed by atoms with Crippen LogP contribution >= 0.6 is 0 Å². The fourth-order valence-corrected chi connectivity index (χ4v) is 2.65. The van der Waals surface area contributed by atoms with Gasteiger partial charge in [-0.15, -0.1) is 0 Å². The number of aryl methyl sites for hydroxylation is 1. The second kappa shape index (κ2) is 4.86. The number of piperazine rings is 1. The van der Waals surface area contributed by atoms with Crippen LogP contribution in [0.5, 0.6) is 0 Å². The molecule has 0 saturated carbocycles. The van der Waals surface area contributed by atoms with Gasteiger partial charge in [0.15, 0.2) is 5.65 Å². The fraction of sp³-hybridized carbons (Fsp3) is 0.500. The molecule has 1 fully saturated rings. The summed E-state index contributed by atoms with van der Waals surface area (Å²) in [4.78, 5) is 18.8. The molecule has 2 aromatic heterocycles. The van der Waals surface area contributed by atoms with E-state index >= 15 is 0 Å². The molecule has 0 aliphatic carbocycles. The first-order valence-corrected chi connectivity index (χ1v) is 6.93. The summed E-state index contributed by atoms with van der Waals surface area (Å²) >= 11 is 0. The predicted octanol–water partition coefficient (Wildman–Crippen LogP) is 1.09. The monoisotopic (exact) mass is 273 g/mol. The zero-order chi connectivity index (χ0) is 14.3. The van der Waals surface area contributed by atoms with Crippen molar-refractivity contribution in [3.05, 3.63) is 23.5 Å². The number of fused-ring (bicyclic) bond motifs is 1. The Morgan fingerprint density at radius 1 is 1.45 bits per heavy atom. The van der Waals surface area contributed by atoms with Gasteiger partial charge in [-0.2, -0.15) is 5.10 Å². The summed E-state index contributed by atoms with van der Waals surface area (Å²) in [5.74, 6) is 0.0425. The van der Waals surface area contributed by atoms with Crippen molar-refractivity contribution in [2.75, 3.05) is 13.1 Å². The molecule has 1 amide bonds. The van der Waals surface area contributed by atoms with E-state index in [-0.39, 0.29) is 11.9 Å². The topological polar surface area (TPSA) is 73.9 Å². The first-order valence-electron chi connectivity index (χ1n) is 6.93. The van der Waals surface area contributed by atoms with Gasteiger partial charge in [0.25, 0.3) is 5.91 Å². The van der Waals surface area contributed by atoms with Gasteiger partial charge >= 0.3 is 0 Å². The summed E-state index contributed by atoms with van der Waals surface area (Å²) in [5, 5.41) is 11.3. The van der Waals surface area contributed by atoms with E-state index in [9.17, 15) is 4.79 Å². The molecule has 0 radical (unpaired) electrons. The van der Waals surface area contributed by atoms with E-state index in [1.54, 1.807) is 6.20 Å². The van der Waals surface area contributed by atoms with Crippen LogP contribution in [0.4, 0.5) is 0 Å². The van der Waals surface area contributed by atoms with Crippen molar-refractivity contribution in [2.45, 2.75) is 32.9 Å². The average molecular weight is 273 g/mol. The summed E-state index contributed by atoms with van der Waals surface area (Å²) in [6.45, 7) is 7.67. The zero-order valence-electron chi connectivity index (χ0n) is 12.0. The highest BCUT2D eigenvalue weighted by Gasteiger charge is 2.29. The molecule has 1 aliphatic rings. The van der Waals surface area contributed by atoms with Crippen molar-refractivity contribution < 1.29 is 4.79 Å². The van der Waals surface area contributed by atoms with Crippen LogP contribution in [0.15, 0.2) is 12.3 Å². The summed E-state index contributed by atoms with van der Waals surface area (Å²) < 4.78 is 0. The van der Waals surface area contributed by atoms with Crippen LogP contribution in [0.25, 0.3) is 11.0 Å². The van der Waals surface area contributed by atoms with Gasteiger partial charge in [0.2, 0.25) is 0 Å². The average Bonchev–Trinajstić information content (AvgIpc) is 2.82. The third-order valence-electron chi connectivity index (χ3n) is 4.14. The van der Waals surface area contributed by atoms with Crippen LogP contribution in [0.2, 0.25) is 0 Å². The van der Waals surface area contributed by atoms with Crippen molar-refractivity contribution in [2.24, 2.45) is 0 Å². The third kappa shape index (κ3) is 2.06. The van der Waals surface area contributed by atoms with Crippen molar-refractivity contribution in [1.29, 1.82) is 0 Å². The fourth-order valence-electron chi connectivity index (χ4n) is 2.65. The predicted molar refractivity (Wildman–Crippen MR) is 76.6 cm³/mol. The van der Waals surface area contributed by atoms with E-state index in [0.717, 1.165) is 24.2 Å². The highest BCUT2D eigenvalue weighted by atomic mass is 16.2. The Labute approximate surface area is 117 Å². The van der Waals surface area contributed by atoms with Crippen LogP contribution in [0.1, 0.15) is 29.9 Å². The number of nitrogens with zero attached hydrogens (tertiary/aromatic N) is 3. The molecule has 1 aliphatic heterocycles. The minimum absolute atomic E-state index is 0.0425. The number of aromatic nitrogens is 3. The maximum atomic E-state index is 12.7. The van der Waals surface area contributed by atoms with E-state index in [1.807, 2.05) is 17.9 Å². The molecule has 1 saturated heterocycles. The maximum absolute atomic E-state index is 12.7. The van der Waals surface area contributed by atoms with E-state index < -0.39 is 0 Å². The molecule has 0 aromatic carbocycles. The molecular weight excluding hydrogens is 254 g/mol. The van der Waals surface area contributed by atoms with Crippen molar-refractivity contribution >= 4 is 16.9 Å². The molecule has 2 aromatic rings. The lowest BCUT2D eigenvalue weighted by molar-refractivity contribution is 0.0602. The molecule has 2 N–H and O–H groups in total. The van der Waals surface area contributed by atoms with E-state index in [4.69, 9.17) is 0 Å². The number of hydrogen-bond donors (Lipinski definition) is 2. The van der Waals surface area contributed by atoms with E-state index in [2.05, 4.69) is 34.3 Å². The van der Waals surface area contributed by atoms with Crippen molar-refractivity contribution in [3.63, 3.8) is 0 Å². The standard InChI is InChI=1S/C14H19N5O/c1-8-10(3)19(5-4-15-8)14(20)11-6-12-9(2)17-18-13(12)16-7-11/h6-8,10,15H,4-5H2,1-3H3,(H,16,17,18). The van der Waals surface area contributed by atoms with E-state index in [0.29, 0.717) is 17.3 Å². The van der Waals surface area contributed by atoms with Crippen molar-refractivity contribution in [3.8, 4) is 0 Å². The lowest BCUT2D eigenvalue weighted by Gasteiger charge is -2.38. The van der Waals surface area contributed by atoms with Gasteiger partial charge in [0.1, 0.15) is 0 Å². The second-order valence-corrected chi connectivity index (χ2v) is 5.43. The van der Waals surface area contributed by atoms with Crippen LogP contribution < -0.4 is 5.32 Å². The van der Waals surface area contributed by atoms with Crippen molar-refractivity contribution in [1.82, 2.24) is 25.4 Å². The molecule has 20 heavy (non-hydrogen) atoms. The quantitative estimate of drug-likeness (QED) is 0.815. The molecule has 2 unspecified atom stereocenters. The minimum Gasteiger partial charge on any atom is -0.333 e. The smallest absolute Gasteiger partial charge is 0.255 e. The summed E-state index contributed by atoms with van der Waals surface area (Å²) in [6, 6.07) is 2.36. The van der Waals surface area contributed by atoms with Crippen LogP contribution in [0, 0.1) is 6.92 Å². The first-order chi connectivity index (χ1) is 9.58. The lowest BCUT2D eigenvalue weighted by atomic mass is 10.1. The summed E-state index contributed by atoms with van der Waals surface area (Å²) in [5.41, 5.74) is 2.22. The first kappa shape index (κ1) is 13.1. The molecule has 2 atom stereocenters. The number of nitrogens with one attached hydrogen (secondary N) is 2. The lowest BCUT2D eigenvalue weighted by Crippen LogP contribution is -2.57. The largest absolute Gasteiger partial charge is 0.333 e. The SMILES string of the molecule is Cc1[nH]nc2ncc(C(=O)N3CCNC(C)C3C)cc12. The number of H-pyrrole nitrogens is 1. The molecule has 3 rings (SSSR count).